The molecule has 3 amide bonds. The summed E-state index contributed by atoms with van der Waals surface area (Å²) in [6, 6.07) is 19.8. The van der Waals surface area contributed by atoms with Gasteiger partial charge in [0.15, 0.2) is 6.61 Å². The number of hydrogen-bond acceptors (Lipinski definition) is 7. The smallest absolute Gasteiger partial charge is 0.317 e. The Morgan fingerprint density at radius 2 is 1.28 bits per heavy atom. The van der Waals surface area contributed by atoms with Crippen molar-refractivity contribution >= 4 is 40.8 Å². The standard InChI is InChI=1S/C28H28N4O7/c1-19(33)30-23-7-3-22(4-8-23)17-28(36)38-18-27(35)29-16-15-21-5-11-25(12-6-21)32(37)39-26-13-9-24(10-14-26)31-20(2)34/h3-14H,15-18H2,1-2H3,(H2-,29,30,31,33,34,35)/p+1. The van der Waals surface area contributed by atoms with Crippen LogP contribution in [0.1, 0.15) is 25.0 Å². The van der Waals surface area contributed by atoms with E-state index >= 15 is 0 Å². The van der Waals surface area contributed by atoms with Crippen LogP contribution in [-0.4, -0.2) is 41.8 Å². The summed E-state index contributed by atoms with van der Waals surface area (Å²) in [6.07, 6.45) is 0.508. The molecule has 3 aromatic carbocycles. The van der Waals surface area contributed by atoms with Crippen molar-refractivity contribution in [2.24, 2.45) is 0 Å². The predicted molar refractivity (Wildman–Crippen MR) is 143 cm³/mol. The Labute approximate surface area is 225 Å². The number of nitrogens with zero attached hydrogens (tertiary/aromatic N) is 1. The summed E-state index contributed by atoms with van der Waals surface area (Å²) in [5, 5.41) is 7.95. The number of carbonyl (C=O) groups excluding carboxylic acids is 4. The normalized spacial score (nSPS) is 10.2. The molecule has 0 fully saturated rings. The molecule has 0 aliphatic heterocycles. The van der Waals surface area contributed by atoms with Gasteiger partial charge in [0.05, 0.1) is 11.3 Å². The Bertz CT molecular complexity index is 1320. The Kier molecular flexibility index (Phi) is 10.3. The molecule has 0 heterocycles. The fourth-order valence-corrected chi connectivity index (χ4v) is 3.41. The van der Waals surface area contributed by atoms with Crippen molar-refractivity contribution in [3.8, 4) is 5.75 Å². The molecule has 11 nitrogen and oxygen atoms in total. The third-order valence-electron chi connectivity index (χ3n) is 5.23. The zero-order valence-electron chi connectivity index (χ0n) is 21.6. The van der Waals surface area contributed by atoms with E-state index in [9.17, 15) is 24.1 Å². The van der Waals surface area contributed by atoms with Gasteiger partial charge in [-0.05, 0) is 53.9 Å². The lowest BCUT2D eigenvalue weighted by molar-refractivity contribution is -0.697. The van der Waals surface area contributed by atoms with Gasteiger partial charge < -0.3 is 20.7 Å². The molecule has 0 unspecified atom stereocenters. The summed E-state index contributed by atoms with van der Waals surface area (Å²) in [7, 11) is 0. The van der Waals surface area contributed by atoms with Crippen LogP contribution in [0.5, 0.6) is 5.75 Å². The first kappa shape index (κ1) is 28.5. The fourth-order valence-electron chi connectivity index (χ4n) is 3.41. The van der Waals surface area contributed by atoms with Crippen molar-refractivity contribution in [1.29, 1.82) is 0 Å². The third-order valence-corrected chi connectivity index (χ3v) is 5.23. The molecule has 202 valence electrons. The molecule has 39 heavy (non-hydrogen) atoms. The summed E-state index contributed by atoms with van der Waals surface area (Å²) in [4.78, 5) is 64.1. The van der Waals surface area contributed by atoms with Crippen LogP contribution in [0.4, 0.5) is 17.1 Å². The van der Waals surface area contributed by atoms with Gasteiger partial charge in [-0.15, -0.1) is 0 Å². The second kappa shape index (κ2) is 14.0. The van der Waals surface area contributed by atoms with E-state index in [1.807, 2.05) is 0 Å². The molecule has 0 aliphatic carbocycles. The molecular formula is C28H29N4O7+. The lowest BCUT2D eigenvalue weighted by Crippen LogP contribution is -2.30. The average Bonchev–Trinajstić information content (AvgIpc) is 2.89. The lowest BCUT2D eigenvalue weighted by Gasteiger charge is -2.07. The number of esters is 1. The van der Waals surface area contributed by atoms with E-state index in [1.54, 1.807) is 72.8 Å². The largest absolute Gasteiger partial charge is 0.455 e. The SMILES string of the molecule is CC(=O)Nc1ccc(CC(=O)OCC(=O)NCCc2ccc([N+](=O)Oc3ccc(NC(C)=O)cc3)cc2)cc1. The molecule has 0 atom stereocenters. The summed E-state index contributed by atoms with van der Waals surface area (Å²) < 4.78 is 5.03. The number of rotatable bonds is 12. The minimum absolute atomic E-state index is 0.00279. The van der Waals surface area contributed by atoms with Gasteiger partial charge in [0.25, 0.3) is 10.8 Å². The number of carbonyl (C=O) groups is 4. The molecule has 11 heteroatoms. The monoisotopic (exact) mass is 533 g/mol. The maximum Gasteiger partial charge on any atom is 0.317 e. The molecule has 3 aromatic rings. The van der Waals surface area contributed by atoms with Crippen LogP contribution in [-0.2, 0) is 36.8 Å². The summed E-state index contributed by atoms with van der Waals surface area (Å²) in [6.45, 7) is 2.74. The highest BCUT2D eigenvalue weighted by Crippen LogP contribution is 2.19. The van der Waals surface area contributed by atoms with Crippen LogP contribution in [0, 0.1) is 4.91 Å². The van der Waals surface area contributed by atoms with E-state index in [0.29, 0.717) is 40.6 Å². The fraction of sp³-hybridized carbons (Fsp3) is 0.214. The number of hydrogen-bond donors (Lipinski definition) is 3. The third kappa shape index (κ3) is 10.1. The summed E-state index contributed by atoms with van der Waals surface area (Å²) in [5.41, 5.74) is 3.07. The molecule has 0 radical (unpaired) electrons. The Morgan fingerprint density at radius 3 is 1.85 bits per heavy atom. The maximum absolute atomic E-state index is 12.3. The first-order valence-corrected chi connectivity index (χ1v) is 12.1. The van der Waals surface area contributed by atoms with Gasteiger partial charge in [0, 0.05) is 43.9 Å². The van der Waals surface area contributed by atoms with Crippen molar-refractivity contribution in [3.63, 3.8) is 0 Å². The first-order valence-electron chi connectivity index (χ1n) is 12.1. The Morgan fingerprint density at radius 1 is 0.744 bits per heavy atom. The van der Waals surface area contributed by atoms with Crippen LogP contribution < -0.4 is 20.8 Å². The van der Waals surface area contributed by atoms with Gasteiger partial charge in [0.2, 0.25) is 17.6 Å². The molecule has 3 rings (SSSR count). The highest BCUT2D eigenvalue weighted by atomic mass is 16.8. The van der Waals surface area contributed by atoms with Crippen molar-refractivity contribution < 1.29 is 33.7 Å². The molecule has 0 spiro atoms. The van der Waals surface area contributed by atoms with Gasteiger partial charge in [-0.2, -0.15) is 4.84 Å². The van der Waals surface area contributed by atoms with Gasteiger partial charge in [0.1, 0.15) is 0 Å². The molecule has 0 aromatic heterocycles. The topological polar surface area (TPSA) is 143 Å². The zero-order valence-corrected chi connectivity index (χ0v) is 21.6. The molecule has 0 aliphatic rings. The second-order valence-electron chi connectivity index (χ2n) is 8.54. The lowest BCUT2D eigenvalue weighted by atomic mass is 10.1. The highest BCUT2D eigenvalue weighted by Gasteiger charge is 2.17. The minimum Gasteiger partial charge on any atom is -0.455 e. The van der Waals surface area contributed by atoms with E-state index < -0.39 is 18.5 Å². The van der Waals surface area contributed by atoms with Crippen molar-refractivity contribution in [1.82, 2.24) is 5.32 Å². The van der Waals surface area contributed by atoms with E-state index in [-0.39, 0.29) is 23.9 Å². The number of benzene rings is 3. The Balaban J connectivity index is 1.35. The highest BCUT2D eigenvalue weighted by molar-refractivity contribution is 5.89. The first-order chi connectivity index (χ1) is 18.7. The number of ether oxygens (including phenoxy) is 1. The summed E-state index contributed by atoms with van der Waals surface area (Å²) >= 11 is 0. The van der Waals surface area contributed by atoms with Gasteiger partial charge in [-0.3, -0.25) is 19.2 Å². The van der Waals surface area contributed by atoms with E-state index in [2.05, 4.69) is 16.0 Å². The summed E-state index contributed by atoms with van der Waals surface area (Å²) in [5.74, 6) is -1.04. The quantitative estimate of drug-likeness (QED) is 0.239. The molecule has 3 N–H and O–H groups in total. The Hall–Kier alpha value is -5.06. The van der Waals surface area contributed by atoms with Gasteiger partial charge >= 0.3 is 11.7 Å². The second-order valence-corrected chi connectivity index (χ2v) is 8.54. The van der Waals surface area contributed by atoms with E-state index in [1.165, 1.54) is 13.8 Å². The van der Waals surface area contributed by atoms with Crippen molar-refractivity contribution in [2.75, 3.05) is 23.8 Å². The van der Waals surface area contributed by atoms with Crippen LogP contribution in [0.2, 0.25) is 0 Å². The average molecular weight is 534 g/mol. The number of amides is 3. The van der Waals surface area contributed by atoms with Gasteiger partial charge in [-0.1, -0.05) is 24.3 Å². The van der Waals surface area contributed by atoms with Crippen LogP contribution in [0.25, 0.3) is 0 Å². The molecule has 0 saturated heterocycles. The molecular weight excluding hydrogens is 504 g/mol. The maximum atomic E-state index is 12.3. The number of nitrogens with one attached hydrogen (secondary N) is 3. The van der Waals surface area contributed by atoms with Crippen LogP contribution >= 0.6 is 0 Å². The van der Waals surface area contributed by atoms with E-state index in [4.69, 9.17) is 9.57 Å². The zero-order chi connectivity index (χ0) is 28.2. The molecule has 0 bridgehead atoms. The van der Waals surface area contributed by atoms with Crippen LogP contribution in [0.15, 0.2) is 72.8 Å². The van der Waals surface area contributed by atoms with Crippen molar-refractivity contribution in [2.45, 2.75) is 26.7 Å². The van der Waals surface area contributed by atoms with E-state index in [0.717, 1.165) is 5.56 Å². The minimum atomic E-state index is -0.541. The van der Waals surface area contributed by atoms with Crippen LogP contribution in [0.3, 0.4) is 0 Å². The predicted octanol–water partition coefficient (Wildman–Crippen LogP) is 3.45. The van der Waals surface area contributed by atoms with Crippen molar-refractivity contribution in [3.05, 3.63) is 88.8 Å². The molecule has 0 saturated carbocycles. The van der Waals surface area contributed by atoms with Gasteiger partial charge in [-0.25, -0.2) is 0 Å². The number of anilines is 2.